The molecule has 2 aliphatic heterocycles. The second-order valence-corrected chi connectivity index (χ2v) is 6.50. The first-order valence-electron chi connectivity index (χ1n) is 8.38. The van der Waals surface area contributed by atoms with Crippen molar-refractivity contribution in [1.29, 1.82) is 0 Å². The third kappa shape index (κ3) is 2.83. The minimum atomic E-state index is -0.357. The normalized spacial score (nSPS) is 19.0. The van der Waals surface area contributed by atoms with Crippen molar-refractivity contribution in [3.05, 3.63) is 41.7 Å². The number of benzene rings is 1. The average Bonchev–Trinajstić information content (AvgIpc) is 3.24. The zero-order valence-corrected chi connectivity index (χ0v) is 14.4. The van der Waals surface area contributed by atoms with Gasteiger partial charge < -0.3 is 20.3 Å². The number of ether oxygens (including phenoxy) is 1. The highest BCUT2D eigenvalue weighted by Gasteiger charge is 2.38. The molecule has 1 unspecified atom stereocenters. The molecule has 0 aliphatic carbocycles. The number of carbonyl (C=O) groups excluding carboxylic acids is 2. The summed E-state index contributed by atoms with van der Waals surface area (Å²) in [4.78, 5) is 36.8. The molecule has 2 aliphatic rings. The predicted octanol–water partition coefficient (Wildman–Crippen LogP) is 0.963. The first-order valence-corrected chi connectivity index (χ1v) is 8.38. The van der Waals surface area contributed by atoms with Gasteiger partial charge in [0.15, 0.2) is 0 Å². The summed E-state index contributed by atoms with van der Waals surface area (Å²) in [5, 5.41) is 0. The number of nitrogen functional groups attached to an aromatic ring is 1. The number of methoxy groups -OCH3 is 1. The molecular formula is C18H19N5O3. The van der Waals surface area contributed by atoms with Crippen molar-refractivity contribution in [2.45, 2.75) is 19.5 Å². The molecule has 1 fully saturated rings. The molecule has 0 radical (unpaired) electrons. The van der Waals surface area contributed by atoms with E-state index in [1.54, 1.807) is 35.2 Å². The fraction of sp³-hybridized carbons (Fsp3) is 0.333. The molecule has 8 nitrogen and oxygen atoms in total. The Hall–Kier alpha value is -3.16. The molecule has 1 saturated heterocycles. The average molecular weight is 353 g/mol. The zero-order valence-electron chi connectivity index (χ0n) is 14.4. The minimum absolute atomic E-state index is 0.0362. The fourth-order valence-corrected chi connectivity index (χ4v) is 3.47. The lowest BCUT2D eigenvalue weighted by Gasteiger charge is -2.20. The summed E-state index contributed by atoms with van der Waals surface area (Å²) >= 11 is 0. The summed E-state index contributed by atoms with van der Waals surface area (Å²) < 4.78 is 5.14. The summed E-state index contributed by atoms with van der Waals surface area (Å²) in [6.45, 7) is 1.25. The van der Waals surface area contributed by atoms with Crippen LogP contribution >= 0.6 is 0 Å². The number of nitrogens with zero attached hydrogens (tertiary/aromatic N) is 4. The van der Waals surface area contributed by atoms with Crippen molar-refractivity contribution in [3.63, 3.8) is 0 Å². The molecule has 2 N–H and O–H groups in total. The number of fused-ring (bicyclic) bond motifs is 1. The first kappa shape index (κ1) is 16.3. The molecule has 1 aromatic carbocycles. The van der Waals surface area contributed by atoms with Crippen LogP contribution in [0.4, 0.5) is 11.6 Å². The van der Waals surface area contributed by atoms with Crippen molar-refractivity contribution in [1.82, 2.24) is 14.9 Å². The van der Waals surface area contributed by atoms with Crippen molar-refractivity contribution in [3.8, 4) is 5.75 Å². The van der Waals surface area contributed by atoms with Crippen LogP contribution in [0.1, 0.15) is 17.7 Å². The molecule has 1 aromatic heterocycles. The van der Waals surface area contributed by atoms with Crippen LogP contribution in [0.2, 0.25) is 0 Å². The summed E-state index contributed by atoms with van der Waals surface area (Å²) in [6, 6.07) is 7.26. The smallest absolute Gasteiger partial charge is 0.228 e. The van der Waals surface area contributed by atoms with Gasteiger partial charge in [-0.2, -0.15) is 0 Å². The molecule has 4 rings (SSSR count). The lowest BCUT2D eigenvalue weighted by molar-refractivity contribution is -0.136. The summed E-state index contributed by atoms with van der Waals surface area (Å²) in [5.74, 6) is 0.493. The van der Waals surface area contributed by atoms with Gasteiger partial charge in [-0.05, 0) is 24.3 Å². The Morgan fingerprint density at radius 1 is 1.27 bits per heavy atom. The Balaban J connectivity index is 1.46. The molecule has 134 valence electrons. The third-order valence-corrected chi connectivity index (χ3v) is 4.84. The lowest BCUT2D eigenvalue weighted by Crippen LogP contribution is -2.34. The van der Waals surface area contributed by atoms with Gasteiger partial charge in [0, 0.05) is 37.0 Å². The lowest BCUT2D eigenvalue weighted by atomic mass is 10.1. The second-order valence-electron chi connectivity index (χ2n) is 6.50. The highest BCUT2D eigenvalue weighted by Crippen LogP contribution is 2.30. The Bertz CT molecular complexity index is 868. The Morgan fingerprint density at radius 2 is 2.04 bits per heavy atom. The Morgan fingerprint density at radius 3 is 2.77 bits per heavy atom. The van der Waals surface area contributed by atoms with Crippen LogP contribution in [0, 0.1) is 5.92 Å². The number of amides is 2. The molecule has 0 spiro atoms. The van der Waals surface area contributed by atoms with E-state index < -0.39 is 0 Å². The summed E-state index contributed by atoms with van der Waals surface area (Å²) in [7, 11) is 1.59. The second kappa shape index (κ2) is 6.29. The third-order valence-electron chi connectivity index (χ3n) is 4.84. The standard InChI is InChI=1S/C18H19N5O3/c1-26-14-4-2-13(3-5-14)23-9-11(6-16(23)24)17(25)22-8-12-7-20-18(19)21-15(12)10-22/h2-5,7,11H,6,8-10H2,1H3,(H2,19,20,21). The quantitative estimate of drug-likeness (QED) is 0.882. The van der Waals surface area contributed by atoms with E-state index in [1.807, 2.05) is 12.1 Å². The molecule has 26 heavy (non-hydrogen) atoms. The topological polar surface area (TPSA) is 102 Å². The number of hydrogen-bond acceptors (Lipinski definition) is 6. The van der Waals surface area contributed by atoms with E-state index >= 15 is 0 Å². The Kier molecular flexibility index (Phi) is 3.95. The van der Waals surface area contributed by atoms with E-state index in [0.29, 0.717) is 19.6 Å². The summed E-state index contributed by atoms with van der Waals surface area (Å²) in [5.41, 5.74) is 8.07. The monoisotopic (exact) mass is 353 g/mol. The highest BCUT2D eigenvalue weighted by molar-refractivity contribution is 6.00. The van der Waals surface area contributed by atoms with E-state index in [4.69, 9.17) is 10.5 Å². The molecule has 2 amide bonds. The summed E-state index contributed by atoms with van der Waals surface area (Å²) in [6.07, 6.45) is 1.87. The molecule has 0 bridgehead atoms. The first-order chi connectivity index (χ1) is 12.5. The van der Waals surface area contributed by atoms with Gasteiger partial charge in [0.25, 0.3) is 0 Å². The maximum Gasteiger partial charge on any atom is 0.228 e. The van der Waals surface area contributed by atoms with Crippen molar-refractivity contribution < 1.29 is 14.3 Å². The van der Waals surface area contributed by atoms with E-state index in [2.05, 4.69) is 9.97 Å². The van der Waals surface area contributed by atoms with Gasteiger partial charge in [-0.15, -0.1) is 0 Å². The van der Waals surface area contributed by atoms with Gasteiger partial charge in [-0.25, -0.2) is 9.97 Å². The number of carbonyl (C=O) groups is 2. The van der Waals surface area contributed by atoms with Crippen LogP contribution in [-0.4, -0.2) is 40.3 Å². The van der Waals surface area contributed by atoms with Gasteiger partial charge in [0.05, 0.1) is 25.3 Å². The van der Waals surface area contributed by atoms with Gasteiger partial charge in [0.1, 0.15) is 5.75 Å². The van der Waals surface area contributed by atoms with Crippen LogP contribution in [0.15, 0.2) is 30.5 Å². The van der Waals surface area contributed by atoms with Crippen molar-refractivity contribution >= 4 is 23.5 Å². The van der Waals surface area contributed by atoms with Gasteiger partial charge in [0.2, 0.25) is 17.8 Å². The van der Waals surface area contributed by atoms with Crippen LogP contribution in [-0.2, 0) is 22.7 Å². The van der Waals surface area contributed by atoms with Gasteiger partial charge in [-0.3, -0.25) is 9.59 Å². The Labute approximate surface area is 150 Å². The van der Waals surface area contributed by atoms with Crippen LogP contribution in [0.25, 0.3) is 0 Å². The number of hydrogen-bond donors (Lipinski definition) is 1. The maximum atomic E-state index is 12.9. The van der Waals surface area contributed by atoms with Crippen LogP contribution < -0.4 is 15.4 Å². The van der Waals surface area contributed by atoms with Crippen LogP contribution in [0.5, 0.6) is 5.75 Å². The van der Waals surface area contributed by atoms with E-state index in [1.165, 1.54) is 0 Å². The van der Waals surface area contributed by atoms with Crippen molar-refractivity contribution in [2.75, 3.05) is 24.3 Å². The fourth-order valence-electron chi connectivity index (χ4n) is 3.47. The molecule has 3 heterocycles. The maximum absolute atomic E-state index is 12.9. The molecule has 2 aromatic rings. The van der Waals surface area contributed by atoms with Crippen LogP contribution in [0.3, 0.4) is 0 Å². The van der Waals surface area contributed by atoms with E-state index in [-0.39, 0.29) is 30.1 Å². The highest BCUT2D eigenvalue weighted by atomic mass is 16.5. The van der Waals surface area contributed by atoms with E-state index in [0.717, 1.165) is 22.7 Å². The SMILES string of the molecule is COc1ccc(N2CC(C(=O)N3Cc4cnc(N)nc4C3)CC2=O)cc1. The largest absolute Gasteiger partial charge is 0.497 e. The minimum Gasteiger partial charge on any atom is -0.497 e. The number of nitrogens with two attached hydrogens (primary N) is 1. The van der Waals surface area contributed by atoms with E-state index in [9.17, 15) is 9.59 Å². The molecule has 8 heteroatoms. The zero-order chi connectivity index (χ0) is 18.3. The number of rotatable bonds is 3. The van der Waals surface area contributed by atoms with Gasteiger partial charge in [-0.1, -0.05) is 0 Å². The molecular weight excluding hydrogens is 334 g/mol. The molecule has 1 atom stereocenters. The van der Waals surface area contributed by atoms with Gasteiger partial charge >= 0.3 is 0 Å². The molecule has 0 saturated carbocycles. The predicted molar refractivity (Wildman–Crippen MR) is 94.2 cm³/mol. The van der Waals surface area contributed by atoms with Crippen molar-refractivity contribution in [2.24, 2.45) is 5.92 Å². The number of anilines is 2. The number of aromatic nitrogens is 2.